The summed E-state index contributed by atoms with van der Waals surface area (Å²) in [5.41, 5.74) is 3.31. The van der Waals surface area contributed by atoms with Gasteiger partial charge in [0.15, 0.2) is 0 Å². The normalized spacial score (nSPS) is 30.8. The molecule has 2 aliphatic rings. The number of rotatable bonds is 7. The van der Waals surface area contributed by atoms with Crippen molar-refractivity contribution >= 4 is 17.6 Å². The number of aliphatic carboxylic acids is 1. The molecule has 0 heterocycles. The number of aryl methyl sites for hydroxylation is 1. The van der Waals surface area contributed by atoms with Gasteiger partial charge in [-0.15, -0.1) is 11.6 Å². The van der Waals surface area contributed by atoms with Crippen molar-refractivity contribution in [2.24, 2.45) is 5.92 Å². The SMILES string of the molecule is O=C(O)CCC/C=C\C[C@@H]1[C@@H](c2ccc3c(c2)CCC3O)[C@H](O)C[C@H]1Cl. The number of carboxylic acids is 1. The molecule has 1 aromatic rings. The van der Waals surface area contributed by atoms with Gasteiger partial charge in [0.1, 0.15) is 0 Å². The Hall–Kier alpha value is -1.36. The van der Waals surface area contributed by atoms with Gasteiger partial charge in [-0.3, -0.25) is 4.79 Å². The lowest BCUT2D eigenvalue weighted by molar-refractivity contribution is -0.137. The molecule has 0 aliphatic heterocycles. The zero-order valence-electron chi connectivity index (χ0n) is 14.9. The number of aliphatic hydroxyl groups excluding tert-OH is 2. The second-order valence-corrected chi connectivity index (χ2v) is 8.08. The van der Waals surface area contributed by atoms with Gasteiger partial charge in [-0.05, 0) is 61.1 Å². The third-order valence-corrected chi connectivity index (χ3v) is 6.24. The molecule has 1 saturated carbocycles. The Kier molecular flexibility index (Phi) is 6.38. The molecule has 4 nitrogen and oxygen atoms in total. The van der Waals surface area contributed by atoms with Crippen molar-refractivity contribution < 1.29 is 20.1 Å². The van der Waals surface area contributed by atoms with Crippen LogP contribution in [-0.2, 0) is 11.2 Å². The molecule has 26 heavy (non-hydrogen) atoms. The maximum absolute atomic E-state index is 10.6. The number of benzene rings is 1. The van der Waals surface area contributed by atoms with Crippen molar-refractivity contribution in [2.75, 3.05) is 0 Å². The highest BCUT2D eigenvalue weighted by Gasteiger charge is 2.42. The van der Waals surface area contributed by atoms with Gasteiger partial charge < -0.3 is 15.3 Å². The number of aliphatic hydroxyl groups is 2. The second kappa shape index (κ2) is 8.55. The topological polar surface area (TPSA) is 77.8 Å². The van der Waals surface area contributed by atoms with Crippen LogP contribution in [0, 0.1) is 5.92 Å². The maximum atomic E-state index is 10.6. The molecule has 3 rings (SSSR count). The van der Waals surface area contributed by atoms with Gasteiger partial charge in [-0.1, -0.05) is 30.4 Å². The minimum Gasteiger partial charge on any atom is -0.481 e. The van der Waals surface area contributed by atoms with Gasteiger partial charge in [0.05, 0.1) is 12.2 Å². The van der Waals surface area contributed by atoms with Crippen LogP contribution in [0.5, 0.6) is 0 Å². The van der Waals surface area contributed by atoms with Gasteiger partial charge in [0.2, 0.25) is 0 Å². The van der Waals surface area contributed by atoms with Crippen LogP contribution < -0.4 is 0 Å². The molecule has 5 heteroatoms. The molecule has 1 fully saturated rings. The monoisotopic (exact) mass is 378 g/mol. The molecule has 0 bridgehead atoms. The lowest BCUT2D eigenvalue weighted by atomic mass is 9.84. The van der Waals surface area contributed by atoms with Crippen LogP contribution in [0.15, 0.2) is 30.4 Å². The van der Waals surface area contributed by atoms with Crippen molar-refractivity contribution in [1.29, 1.82) is 0 Å². The van der Waals surface area contributed by atoms with Crippen LogP contribution in [0.3, 0.4) is 0 Å². The Labute approximate surface area is 159 Å². The van der Waals surface area contributed by atoms with Crippen LogP contribution >= 0.6 is 11.6 Å². The van der Waals surface area contributed by atoms with E-state index in [1.54, 1.807) is 0 Å². The van der Waals surface area contributed by atoms with Gasteiger partial charge in [-0.25, -0.2) is 0 Å². The number of hydrogen-bond donors (Lipinski definition) is 3. The summed E-state index contributed by atoms with van der Waals surface area (Å²) in [6.45, 7) is 0. The molecule has 0 spiro atoms. The zero-order valence-corrected chi connectivity index (χ0v) is 15.6. The Balaban J connectivity index is 1.67. The summed E-state index contributed by atoms with van der Waals surface area (Å²) in [4.78, 5) is 10.5. The molecular weight excluding hydrogens is 352 g/mol. The molecule has 3 N–H and O–H groups in total. The van der Waals surface area contributed by atoms with Crippen LogP contribution in [0.1, 0.15) is 67.2 Å². The number of unbranched alkanes of at least 4 members (excludes halogenated alkanes) is 1. The third-order valence-electron chi connectivity index (χ3n) is 5.74. The van der Waals surface area contributed by atoms with E-state index < -0.39 is 12.1 Å². The van der Waals surface area contributed by atoms with E-state index in [1.807, 2.05) is 18.2 Å². The van der Waals surface area contributed by atoms with Crippen LogP contribution in [-0.4, -0.2) is 32.8 Å². The summed E-state index contributed by atoms with van der Waals surface area (Å²) >= 11 is 6.53. The lowest BCUT2D eigenvalue weighted by Crippen LogP contribution is -2.18. The highest BCUT2D eigenvalue weighted by Crippen LogP contribution is 2.46. The highest BCUT2D eigenvalue weighted by molar-refractivity contribution is 6.21. The van der Waals surface area contributed by atoms with Gasteiger partial charge in [0, 0.05) is 17.7 Å². The van der Waals surface area contributed by atoms with E-state index in [0.29, 0.717) is 12.8 Å². The van der Waals surface area contributed by atoms with Crippen molar-refractivity contribution in [3.05, 3.63) is 47.0 Å². The van der Waals surface area contributed by atoms with Crippen LogP contribution in [0.25, 0.3) is 0 Å². The van der Waals surface area contributed by atoms with E-state index >= 15 is 0 Å². The molecule has 0 saturated heterocycles. The number of halogens is 1. The van der Waals surface area contributed by atoms with Gasteiger partial charge in [0.25, 0.3) is 0 Å². The van der Waals surface area contributed by atoms with E-state index in [0.717, 1.165) is 36.8 Å². The van der Waals surface area contributed by atoms with Crippen molar-refractivity contribution in [2.45, 2.75) is 68.4 Å². The van der Waals surface area contributed by atoms with Crippen molar-refractivity contribution in [3.8, 4) is 0 Å². The molecule has 1 unspecified atom stereocenters. The standard InChI is InChI=1S/C21H27ClO4/c22-17-12-19(24)21(16(17)5-3-1-2-4-6-20(25)26)14-7-9-15-13(11-14)8-10-18(15)23/h1,3,7,9,11,16-19,21,23-24H,2,4-6,8,10,12H2,(H,25,26)/b3-1-/t16-,17+,18?,19+,21+/m0/s1. The largest absolute Gasteiger partial charge is 0.481 e. The first-order chi connectivity index (χ1) is 12.5. The summed E-state index contributed by atoms with van der Waals surface area (Å²) in [6, 6.07) is 6.16. The first kappa shape index (κ1) is 19.4. The average molecular weight is 379 g/mol. The molecule has 5 atom stereocenters. The fraction of sp³-hybridized carbons (Fsp3) is 0.571. The third kappa shape index (κ3) is 4.30. The van der Waals surface area contributed by atoms with E-state index in [9.17, 15) is 15.0 Å². The molecule has 142 valence electrons. The first-order valence-electron chi connectivity index (χ1n) is 9.47. The molecule has 1 aromatic carbocycles. The first-order valence-corrected chi connectivity index (χ1v) is 9.90. The van der Waals surface area contributed by atoms with E-state index in [1.165, 1.54) is 5.56 Å². The minimum atomic E-state index is -0.764. The average Bonchev–Trinajstić information content (AvgIpc) is 3.10. The maximum Gasteiger partial charge on any atom is 0.303 e. The molecule has 2 aliphatic carbocycles. The second-order valence-electron chi connectivity index (χ2n) is 7.51. The summed E-state index contributed by atoms with van der Waals surface area (Å²) in [7, 11) is 0. The predicted molar refractivity (Wildman–Crippen MR) is 101 cm³/mol. The Bertz CT molecular complexity index is 672. The zero-order chi connectivity index (χ0) is 18.7. The number of fused-ring (bicyclic) bond motifs is 1. The summed E-state index contributed by atoms with van der Waals surface area (Å²) in [5.74, 6) is -0.601. The molecule has 0 aromatic heterocycles. The Morgan fingerprint density at radius 1 is 1.27 bits per heavy atom. The highest BCUT2D eigenvalue weighted by atomic mass is 35.5. The van der Waals surface area contributed by atoms with Crippen molar-refractivity contribution in [1.82, 2.24) is 0 Å². The van der Waals surface area contributed by atoms with E-state index in [2.05, 4.69) is 12.1 Å². The fourth-order valence-corrected chi connectivity index (χ4v) is 4.83. The molecular formula is C21H27ClO4. The number of alkyl halides is 1. The minimum absolute atomic E-state index is 0.00390. The summed E-state index contributed by atoms with van der Waals surface area (Å²) in [5, 5.41) is 29.1. The predicted octanol–water partition coefficient (Wildman–Crippen LogP) is 3.94. The van der Waals surface area contributed by atoms with Crippen LogP contribution in [0.4, 0.5) is 0 Å². The fourth-order valence-electron chi connectivity index (χ4n) is 4.39. The Morgan fingerprint density at radius 2 is 2.08 bits per heavy atom. The van der Waals surface area contributed by atoms with Gasteiger partial charge >= 0.3 is 5.97 Å². The van der Waals surface area contributed by atoms with E-state index in [-0.39, 0.29) is 29.7 Å². The summed E-state index contributed by atoms with van der Waals surface area (Å²) < 4.78 is 0. The van der Waals surface area contributed by atoms with Gasteiger partial charge in [-0.2, -0.15) is 0 Å². The molecule has 0 radical (unpaired) electrons. The molecule has 0 amide bonds. The number of hydrogen-bond acceptors (Lipinski definition) is 3. The van der Waals surface area contributed by atoms with Crippen molar-refractivity contribution in [3.63, 3.8) is 0 Å². The number of allylic oxidation sites excluding steroid dienone is 2. The van der Waals surface area contributed by atoms with Crippen LogP contribution in [0.2, 0.25) is 0 Å². The summed E-state index contributed by atoms with van der Waals surface area (Å²) in [6.07, 6.45) is 7.87. The smallest absolute Gasteiger partial charge is 0.303 e. The Morgan fingerprint density at radius 3 is 2.85 bits per heavy atom. The quantitative estimate of drug-likeness (QED) is 0.381. The number of carboxylic acid groups (broad SMARTS) is 1. The van der Waals surface area contributed by atoms with E-state index in [4.69, 9.17) is 16.7 Å². The lowest BCUT2D eigenvalue weighted by Gasteiger charge is -2.23. The number of carbonyl (C=O) groups is 1.